The fraction of sp³-hybridized carbons (Fsp3) is 1.00. The molecule has 0 amide bonds. The maximum absolute atomic E-state index is 9.63. The number of aliphatic hydroxyl groups is 1. The van der Waals surface area contributed by atoms with Gasteiger partial charge in [-0.1, -0.05) is 5.11 Å². The summed E-state index contributed by atoms with van der Waals surface area (Å²) in [4.78, 5) is 2.61. The van der Waals surface area contributed by atoms with Crippen LogP contribution in [0.2, 0.25) is 0 Å². The minimum Gasteiger partial charge on any atom is -0.388 e. The molecule has 2 aliphatic heterocycles. The van der Waals surface area contributed by atoms with Crippen LogP contribution in [0.4, 0.5) is 0 Å². The van der Waals surface area contributed by atoms with Gasteiger partial charge >= 0.3 is 0 Å². The van der Waals surface area contributed by atoms with E-state index in [1.54, 1.807) is 0 Å². The minimum atomic E-state index is -0.739. The molecule has 2 aliphatic rings. The van der Waals surface area contributed by atoms with Crippen molar-refractivity contribution in [1.29, 1.82) is 0 Å². The standard InChI is InChI=1S/C7H11N3O4/c1-12-7-6-5(14-6)4(11)3(13-7)2-9-10-8/h3-7,11H,2H2,1H3. The second kappa shape index (κ2) is 3.72. The first-order chi connectivity index (χ1) is 6.77. The monoisotopic (exact) mass is 201 g/mol. The number of ether oxygens (including phenoxy) is 3. The Morgan fingerprint density at radius 2 is 2.29 bits per heavy atom. The van der Waals surface area contributed by atoms with Crippen molar-refractivity contribution < 1.29 is 19.3 Å². The van der Waals surface area contributed by atoms with Crippen molar-refractivity contribution in [1.82, 2.24) is 0 Å². The number of hydrogen-bond donors (Lipinski definition) is 1. The van der Waals surface area contributed by atoms with Crippen LogP contribution in [0.1, 0.15) is 0 Å². The Morgan fingerprint density at radius 3 is 2.93 bits per heavy atom. The van der Waals surface area contributed by atoms with Gasteiger partial charge in [-0.05, 0) is 5.53 Å². The molecule has 0 saturated carbocycles. The molecule has 0 radical (unpaired) electrons. The number of hydrogen-bond acceptors (Lipinski definition) is 5. The third-order valence-corrected chi connectivity index (χ3v) is 2.41. The third kappa shape index (κ3) is 1.56. The molecule has 2 heterocycles. The highest BCUT2D eigenvalue weighted by Gasteiger charge is 2.57. The molecule has 14 heavy (non-hydrogen) atoms. The van der Waals surface area contributed by atoms with Gasteiger partial charge < -0.3 is 19.3 Å². The number of fused-ring (bicyclic) bond motifs is 1. The Kier molecular flexibility index (Phi) is 2.58. The number of methoxy groups -OCH3 is 1. The molecular formula is C7H11N3O4. The van der Waals surface area contributed by atoms with Crippen molar-refractivity contribution >= 4 is 0 Å². The molecule has 0 aromatic carbocycles. The highest BCUT2D eigenvalue weighted by atomic mass is 16.7. The summed E-state index contributed by atoms with van der Waals surface area (Å²) in [5, 5.41) is 13.0. The highest BCUT2D eigenvalue weighted by molar-refractivity contribution is 5.01. The summed E-state index contributed by atoms with van der Waals surface area (Å²) < 4.78 is 15.5. The molecule has 0 bridgehead atoms. The lowest BCUT2D eigenvalue weighted by atomic mass is 10.1. The maximum Gasteiger partial charge on any atom is 0.186 e. The van der Waals surface area contributed by atoms with Gasteiger partial charge in [-0.25, -0.2) is 0 Å². The number of rotatable bonds is 3. The number of azide groups is 1. The van der Waals surface area contributed by atoms with Gasteiger partial charge in [0.15, 0.2) is 6.29 Å². The Labute approximate surface area is 80.2 Å². The zero-order valence-corrected chi connectivity index (χ0v) is 7.61. The van der Waals surface area contributed by atoms with Gasteiger partial charge in [-0.2, -0.15) is 0 Å². The lowest BCUT2D eigenvalue weighted by molar-refractivity contribution is -0.195. The second-order valence-corrected chi connectivity index (χ2v) is 3.25. The van der Waals surface area contributed by atoms with Crippen molar-refractivity contribution in [3.63, 3.8) is 0 Å². The van der Waals surface area contributed by atoms with Crippen LogP contribution >= 0.6 is 0 Å². The third-order valence-electron chi connectivity index (χ3n) is 2.41. The summed E-state index contributed by atoms with van der Waals surface area (Å²) >= 11 is 0. The number of nitrogens with zero attached hydrogens (tertiary/aromatic N) is 3. The van der Waals surface area contributed by atoms with E-state index in [9.17, 15) is 5.11 Å². The fourth-order valence-electron chi connectivity index (χ4n) is 1.63. The molecule has 0 aromatic rings. The molecule has 0 aromatic heterocycles. The molecule has 0 spiro atoms. The molecule has 7 nitrogen and oxygen atoms in total. The predicted octanol–water partition coefficient (Wildman–Crippen LogP) is -0.204. The largest absolute Gasteiger partial charge is 0.388 e. The summed E-state index contributed by atoms with van der Waals surface area (Å²) in [5.41, 5.74) is 8.14. The van der Waals surface area contributed by atoms with E-state index < -0.39 is 18.5 Å². The first-order valence-electron chi connectivity index (χ1n) is 4.30. The van der Waals surface area contributed by atoms with E-state index >= 15 is 0 Å². The van der Waals surface area contributed by atoms with Gasteiger partial charge in [0.1, 0.15) is 18.3 Å². The van der Waals surface area contributed by atoms with Crippen LogP contribution in [-0.2, 0) is 14.2 Å². The van der Waals surface area contributed by atoms with Crippen molar-refractivity contribution in [3.05, 3.63) is 10.4 Å². The molecule has 2 saturated heterocycles. The summed E-state index contributed by atoms with van der Waals surface area (Å²) in [7, 11) is 1.51. The second-order valence-electron chi connectivity index (χ2n) is 3.25. The average Bonchev–Trinajstić information content (AvgIpc) is 2.97. The van der Waals surface area contributed by atoms with Crippen molar-refractivity contribution in [2.24, 2.45) is 5.11 Å². The smallest absolute Gasteiger partial charge is 0.186 e. The molecule has 7 heteroatoms. The summed E-state index contributed by atoms with van der Waals surface area (Å²) in [6, 6.07) is 0. The lowest BCUT2D eigenvalue weighted by Gasteiger charge is -2.28. The summed E-state index contributed by atoms with van der Waals surface area (Å²) in [6.07, 6.45) is -2.18. The van der Waals surface area contributed by atoms with Gasteiger partial charge in [0.25, 0.3) is 0 Å². The van der Waals surface area contributed by atoms with E-state index in [0.717, 1.165) is 0 Å². The Morgan fingerprint density at radius 1 is 1.50 bits per heavy atom. The number of epoxide rings is 1. The van der Waals surface area contributed by atoms with E-state index in [1.807, 2.05) is 0 Å². The first-order valence-corrected chi connectivity index (χ1v) is 4.30. The van der Waals surface area contributed by atoms with Crippen LogP contribution in [0.5, 0.6) is 0 Å². The van der Waals surface area contributed by atoms with Gasteiger partial charge in [0.2, 0.25) is 0 Å². The Bertz CT molecular complexity index is 268. The van der Waals surface area contributed by atoms with E-state index in [2.05, 4.69) is 10.0 Å². The number of aliphatic hydroxyl groups excluding tert-OH is 1. The fourth-order valence-corrected chi connectivity index (χ4v) is 1.63. The van der Waals surface area contributed by atoms with Crippen LogP contribution in [-0.4, -0.2) is 49.5 Å². The van der Waals surface area contributed by atoms with Crippen molar-refractivity contribution in [3.8, 4) is 0 Å². The highest BCUT2D eigenvalue weighted by Crippen LogP contribution is 2.37. The molecular weight excluding hydrogens is 190 g/mol. The Balaban J connectivity index is 1.98. The molecule has 78 valence electrons. The predicted molar refractivity (Wildman–Crippen MR) is 44.4 cm³/mol. The van der Waals surface area contributed by atoms with E-state index in [1.165, 1.54) is 7.11 Å². The molecule has 0 aliphatic carbocycles. The average molecular weight is 201 g/mol. The van der Waals surface area contributed by atoms with E-state index in [0.29, 0.717) is 0 Å². The van der Waals surface area contributed by atoms with Crippen molar-refractivity contribution in [2.45, 2.75) is 30.7 Å². The SMILES string of the molecule is COC1OC(CN=[N+]=[N-])C(O)C2OC12. The van der Waals surface area contributed by atoms with Crippen LogP contribution in [0.25, 0.3) is 10.4 Å². The normalized spacial score (nSPS) is 45.1. The minimum absolute atomic E-state index is 0.0874. The lowest BCUT2D eigenvalue weighted by Crippen LogP contribution is -2.47. The van der Waals surface area contributed by atoms with E-state index in [-0.39, 0.29) is 18.8 Å². The van der Waals surface area contributed by atoms with Gasteiger partial charge in [-0.3, -0.25) is 0 Å². The van der Waals surface area contributed by atoms with Gasteiger partial charge in [0.05, 0.1) is 12.6 Å². The zero-order valence-electron chi connectivity index (χ0n) is 7.61. The molecule has 5 atom stereocenters. The molecule has 5 unspecified atom stereocenters. The zero-order chi connectivity index (χ0) is 10.1. The van der Waals surface area contributed by atoms with Crippen molar-refractivity contribution in [2.75, 3.05) is 13.7 Å². The molecule has 1 N–H and O–H groups in total. The van der Waals surface area contributed by atoms with Gasteiger partial charge in [0, 0.05) is 12.0 Å². The molecule has 2 fully saturated rings. The maximum atomic E-state index is 9.63. The topological polar surface area (TPSA) is 100.0 Å². The van der Waals surface area contributed by atoms with Crippen LogP contribution in [0.15, 0.2) is 5.11 Å². The van der Waals surface area contributed by atoms with Crippen LogP contribution in [0.3, 0.4) is 0 Å². The van der Waals surface area contributed by atoms with Crippen LogP contribution in [0, 0.1) is 0 Å². The summed E-state index contributed by atoms with van der Waals surface area (Å²) in [5.74, 6) is 0. The van der Waals surface area contributed by atoms with Crippen LogP contribution < -0.4 is 0 Å². The molecule has 2 rings (SSSR count). The summed E-state index contributed by atoms with van der Waals surface area (Å²) in [6.45, 7) is 0.0874. The quantitative estimate of drug-likeness (QED) is 0.295. The van der Waals surface area contributed by atoms with E-state index in [4.69, 9.17) is 19.7 Å². The Hall–Kier alpha value is -0.850. The first kappa shape index (κ1) is 9.70. The van der Waals surface area contributed by atoms with Gasteiger partial charge in [-0.15, -0.1) is 0 Å².